The molecule has 2 N–H and O–H groups in total. The minimum Gasteiger partial charge on any atom is -0.508 e. The summed E-state index contributed by atoms with van der Waals surface area (Å²) in [6.07, 6.45) is 5.60. The van der Waals surface area contributed by atoms with Crippen LogP contribution >= 0.6 is 11.8 Å². The summed E-state index contributed by atoms with van der Waals surface area (Å²) in [5.41, 5.74) is 1.47. The van der Waals surface area contributed by atoms with Gasteiger partial charge in [0.05, 0.1) is 18.4 Å². The lowest BCUT2D eigenvalue weighted by molar-refractivity contribution is -0.113. The number of aromatic hydroxyl groups is 1. The van der Waals surface area contributed by atoms with Gasteiger partial charge in [-0.15, -0.1) is 10.2 Å². The summed E-state index contributed by atoms with van der Waals surface area (Å²) in [6.45, 7) is 1.41. The monoisotopic (exact) mass is 411 g/mol. The topological polar surface area (TPSA) is 102 Å². The molecule has 0 spiro atoms. The Morgan fingerprint density at radius 3 is 2.90 bits per heavy atom. The van der Waals surface area contributed by atoms with Crippen LogP contribution < -0.4 is 5.32 Å². The summed E-state index contributed by atoms with van der Waals surface area (Å²) in [4.78, 5) is 16.4. The zero-order chi connectivity index (χ0) is 20.1. The van der Waals surface area contributed by atoms with Crippen molar-refractivity contribution in [2.24, 2.45) is 0 Å². The molecule has 2 aromatic heterocycles. The standard InChI is InChI=1S/C20H21N5O3S/c26-16-4-1-3-15(11-16)22-18(27)13-29-20-24-23-19(14-6-8-21-9-7-14)25(20)12-17-5-2-10-28-17/h1,3-4,6-9,11,17,26H,2,5,10,12-13H2,(H,22,27)/t17-/m1/s1. The van der Waals surface area contributed by atoms with Gasteiger partial charge in [0.2, 0.25) is 5.91 Å². The third-order valence-corrected chi connectivity index (χ3v) is 5.49. The molecule has 4 rings (SSSR count). The number of anilines is 1. The van der Waals surface area contributed by atoms with Crippen LogP contribution in [-0.4, -0.2) is 49.2 Å². The molecular weight excluding hydrogens is 390 g/mol. The second-order valence-electron chi connectivity index (χ2n) is 6.67. The van der Waals surface area contributed by atoms with Crippen molar-refractivity contribution in [1.29, 1.82) is 0 Å². The van der Waals surface area contributed by atoms with Crippen molar-refractivity contribution in [2.75, 3.05) is 17.7 Å². The molecule has 1 aliphatic heterocycles. The van der Waals surface area contributed by atoms with Crippen LogP contribution in [0.2, 0.25) is 0 Å². The van der Waals surface area contributed by atoms with Gasteiger partial charge in [-0.2, -0.15) is 0 Å². The first-order valence-corrected chi connectivity index (χ1v) is 10.3. The van der Waals surface area contributed by atoms with Gasteiger partial charge in [0.1, 0.15) is 5.75 Å². The largest absolute Gasteiger partial charge is 0.508 e. The van der Waals surface area contributed by atoms with Gasteiger partial charge in [-0.25, -0.2) is 0 Å². The molecule has 1 aromatic carbocycles. The van der Waals surface area contributed by atoms with Crippen LogP contribution in [0.25, 0.3) is 11.4 Å². The third-order valence-electron chi connectivity index (χ3n) is 4.53. The van der Waals surface area contributed by atoms with Gasteiger partial charge in [0.25, 0.3) is 0 Å². The molecule has 0 unspecified atom stereocenters. The van der Waals surface area contributed by atoms with Crippen molar-refractivity contribution in [3.8, 4) is 17.1 Å². The maximum Gasteiger partial charge on any atom is 0.234 e. The Morgan fingerprint density at radius 1 is 1.28 bits per heavy atom. The molecule has 1 aliphatic rings. The first kappa shape index (κ1) is 19.4. The van der Waals surface area contributed by atoms with Gasteiger partial charge in [0.15, 0.2) is 11.0 Å². The third kappa shape index (κ3) is 4.93. The van der Waals surface area contributed by atoms with E-state index in [0.29, 0.717) is 17.4 Å². The molecule has 1 saturated heterocycles. The summed E-state index contributed by atoms with van der Waals surface area (Å²) in [6, 6.07) is 10.2. The van der Waals surface area contributed by atoms with Crippen LogP contribution in [0.4, 0.5) is 5.69 Å². The van der Waals surface area contributed by atoms with Gasteiger partial charge in [-0.1, -0.05) is 17.8 Å². The lowest BCUT2D eigenvalue weighted by atomic mass is 10.2. The van der Waals surface area contributed by atoms with E-state index in [1.807, 2.05) is 16.7 Å². The number of hydrogen-bond acceptors (Lipinski definition) is 7. The second-order valence-corrected chi connectivity index (χ2v) is 7.62. The quantitative estimate of drug-likeness (QED) is 0.576. The highest BCUT2D eigenvalue weighted by Crippen LogP contribution is 2.26. The molecule has 1 amide bonds. The molecule has 8 nitrogen and oxygen atoms in total. The summed E-state index contributed by atoms with van der Waals surface area (Å²) in [7, 11) is 0. The van der Waals surface area contributed by atoms with E-state index in [1.165, 1.54) is 17.8 Å². The van der Waals surface area contributed by atoms with Gasteiger partial charge < -0.3 is 15.2 Å². The predicted octanol–water partition coefficient (Wildman–Crippen LogP) is 2.96. The highest BCUT2D eigenvalue weighted by molar-refractivity contribution is 7.99. The number of carbonyl (C=O) groups excluding carboxylic acids is 1. The number of phenols is 1. The normalized spacial score (nSPS) is 16.1. The minimum atomic E-state index is -0.183. The maximum absolute atomic E-state index is 12.3. The van der Waals surface area contributed by atoms with Crippen molar-refractivity contribution < 1.29 is 14.6 Å². The van der Waals surface area contributed by atoms with E-state index in [1.54, 1.807) is 30.6 Å². The van der Waals surface area contributed by atoms with Crippen LogP contribution in [0.15, 0.2) is 53.9 Å². The zero-order valence-corrected chi connectivity index (χ0v) is 16.5. The first-order chi connectivity index (χ1) is 14.2. The number of aromatic nitrogens is 4. The Hall–Kier alpha value is -2.91. The van der Waals surface area contributed by atoms with E-state index in [9.17, 15) is 9.90 Å². The second kappa shape index (κ2) is 9.06. The number of carbonyl (C=O) groups is 1. The Morgan fingerprint density at radius 2 is 2.14 bits per heavy atom. The minimum absolute atomic E-state index is 0.105. The molecule has 3 aromatic rings. The first-order valence-electron chi connectivity index (χ1n) is 9.36. The highest BCUT2D eigenvalue weighted by Gasteiger charge is 2.22. The highest BCUT2D eigenvalue weighted by atomic mass is 32.2. The summed E-state index contributed by atoms with van der Waals surface area (Å²) >= 11 is 1.32. The number of ether oxygens (including phenoxy) is 1. The van der Waals surface area contributed by atoms with E-state index in [0.717, 1.165) is 30.8 Å². The van der Waals surface area contributed by atoms with Gasteiger partial charge in [-0.05, 0) is 37.1 Å². The van der Waals surface area contributed by atoms with Gasteiger partial charge in [0, 0.05) is 36.3 Å². The Labute approximate surface area is 172 Å². The molecule has 0 saturated carbocycles. The van der Waals surface area contributed by atoms with E-state index in [4.69, 9.17) is 4.74 Å². The summed E-state index contributed by atoms with van der Waals surface area (Å²) in [5, 5.41) is 21.6. The van der Waals surface area contributed by atoms with Crippen molar-refractivity contribution in [3.05, 3.63) is 48.8 Å². The van der Waals surface area contributed by atoms with E-state index in [-0.39, 0.29) is 23.5 Å². The van der Waals surface area contributed by atoms with Gasteiger partial charge in [-0.3, -0.25) is 14.3 Å². The van der Waals surface area contributed by atoms with Crippen molar-refractivity contribution in [3.63, 3.8) is 0 Å². The fourth-order valence-corrected chi connectivity index (χ4v) is 3.93. The number of hydrogen-bond donors (Lipinski definition) is 2. The maximum atomic E-state index is 12.3. The Bertz CT molecular complexity index is 973. The fraction of sp³-hybridized carbons (Fsp3) is 0.300. The lowest BCUT2D eigenvalue weighted by Gasteiger charge is -2.14. The van der Waals surface area contributed by atoms with E-state index >= 15 is 0 Å². The molecule has 0 aliphatic carbocycles. The number of pyridine rings is 1. The van der Waals surface area contributed by atoms with Crippen LogP contribution in [0.5, 0.6) is 5.75 Å². The van der Waals surface area contributed by atoms with Gasteiger partial charge >= 0.3 is 0 Å². The molecule has 0 radical (unpaired) electrons. The zero-order valence-electron chi connectivity index (χ0n) is 15.7. The molecule has 3 heterocycles. The smallest absolute Gasteiger partial charge is 0.234 e. The predicted molar refractivity (Wildman–Crippen MR) is 110 cm³/mol. The number of benzene rings is 1. The van der Waals surface area contributed by atoms with Crippen LogP contribution in [0, 0.1) is 0 Å². The van der Waals surface area contributed by atoms with Crippen LogP contribution in [-0.2, 0) is 16.1 Å². The average molecular weight is 411 g/mol. The van der Waals surface area contributed by atoms with Crippen molar-refractivity contribution in [1.82, 2.24) is 19.7 Å². The number of thioether (sulfide) groups is 1. The van der Waals surface area contributed by atoms with Crippen LogP contribution in [0.3, 0.4) is 0 Å². The summed E-state index contributed by atoms with van der Waals surface area (Å²) < 4.78 is 7.80. The molecule has 1 fully saturated rings. The average Bonchev–Trinajstić information content (AvgIpc) is 3.38. The molecule has 29 heavy (non-hydrogen) atoms. The summed E-state index contributed by atoms with van der Waals surface area (Å²) in [5.74, 6) is 0.834. The molecule has 1 atom stereocenters. The fourth-order valence-electron chi connectivity index (χ4n) is 3.18. The van der Waals surface area contributed by atoms with E-state index in [2.05, 4.69) is 20.5 Å². The molecule has 0 bridgehead atoms. The molecule has 9 heteroatoms. The number of phenolic OH excluding ortho intramolecular Hbond substituents is 1. The SMILES string of the molecule is O=C(CSc1nnc(-c2ccncc2)n1C[C@H]1CCCO1)Nc1cccc(O)c1. The number of rotatable bonds is 7. The van der Waals surface area contributed by atoms with Crippen molar-refractivity contribution in [2.45, 2.75) is 30.6 Å². The number of nitrogens with zero attached hydrogens (tertiary/aromatic N) is 4. The molecule has 150 valence electrons. The number of nitrogens with one attached hydrogen (secondary N) is 1. The Kier molecular flexibility index (Phi) is 6.06. The Balaban J connectivity index is 1.48. The number of amides is 1. The lowest BCUT2D eigenvalue weighted by Crippen LogP contribution is -2.18. The van der Waals surface area contributed by atoms with E-state index < -0.39 is 0 Å². The van der Waals surface area contributed by atoms with Crippen LogP contribution in [0.1, 0.15) is 12.8 Å². The molecular formula is C20H21N5O3S. The van der Waals surface area contributed by atoms with Crippen molar-refractivity contribution >= 4 is 23.4 Å².